The molecule has 0 aromatic carbocycles. The lowest BCUT2D eigenvalue weighted by atomic mass is 10.5. The first kappa shape index (κ1) is 15.7. The molecule has 2 heteroatoms. The van der Waals surface area contributed by atoms with Crippen LogP contribution in [-0.4, -0.2) is 9.78 Å². The maximum Gasteiger partial charge on any atom is 0.0489 e. The van der Waals surface area contributed by atoms with Crippen LogP contribution in [-0.2, 0) is 7.05 Å². The third-order valence-corrected chi connectivity index (χ3v) is 1.50. The molecule has 1 aromatic rings. The molecule has 84 valence electrons. The van der Waals surface area contributed by atoms with Crippen LogP contribution in [0, 0.1) is 5.92 Å². The lowest BCUT2D eigenvalue weighted by Crippen LogP contribution is -1.83. The van der Waals surface area contributed by atoms with Crippen molar-refractivity contribution in [1.29, 1.82) is 0 Å². The van der Waals surface area contributed by atoms with Gasteiger partial charge in [-0.05, 0) is 12.0 Å². The maximum absolute atomic E-state index is 3.83. The highest BCUT2D eigenvalue weighted by Gasteiger charge is 2.12. The summed E-state index contributed by atoms with van der Waals surface area (Å²) in [6.45, 7) is 10.3. The van der Waals surface area contributed by atoms with Crippen LogP contribution in [0.3, 0.4) is 0 Å². The largest absolute Gasteiger partial charge is 0.276 e. The Hall–Kier alpha value is -0.790. The van der Waals surface area contributed by atoms with E-state index in [0.717, 1.165) is 5.92 Å². The number of nitrogens with zero attached hydrogens (tertiary/aromatic N) is 2. The van der Waals surface area contributed by atoms with E-state index in [1.54, 1.807) is 10.9 Å². The first-order valence-corrected chi connectivity index (χ1v) is 5.72. The SMILES string of the molecule is CC.CC.CC1CC1.Cn1cccn1. The molecule has 1 fully saturated rings. The number of hydrogen-bond donors (Lipinski definition) is 0. The van der Waals surface area contributed by atoms with Crippen molar-refractivity contribution in [2.24, 2.45) is 13.0 Å². The Morgan fingerprint density at radius 1 is 1.14 bits per heavy atom. The van der Waals surface area contributed by atoms with Crippen LogP contribution in [0.2, 0.25) is 0 Å². The van der Waals surface area contributed by atoms with Gasteiger partial charge in [0.2, 0.25) is 0 Å². The van der Waals surface area contributed by atoms with Crippen molar-refractivity contribution in [3.05, 3.63) is 18.5 Å². The fraction of sp³-hybridized carbons (Fsp3) is 0.750. The van der Waals surface area contributed by atoms with Gasteiger partial charge in [-0.15, -0.1) is 0 Å². The van der Waals surface area contributed by atoms with Gasteiger partial charge in [-0.3, -0.25) is 4.68 Å². The second-order valence-electron chi connectivity index (χ2n) is 2.86. The molecule has 1 saturated carbocycles. The second kappa shape index (κ2) is 12.2. The molecule has 14 heavy (non-hydrogen) atoms. The normalized spacial score (nSPS) is 12.1. The fourth-order valence-electron chi connectivity index (χ4n) is 0.512. The van der Waals surface area contributed by atoms with E-state index in [-0.39, 0.29) is 0 Å². The molecule has 1 aliphatic carbocycles. The fourth-order valence-corrected chi connectivity index (χ4v) is 0.512. The molecule has 0 unspecified atom stereocenters. The predicted octanol–water partition coefficient (Wildman–Crippen LogP) is 3.89. The molecular weight excluding hydrogens is 172 g/mol. The van der Waals surface area contributed by atoms with Crippen LogP contribution in [0.5, 0.6) is 0 Å². The highest BCUT2D eigenvalue weighted by Crippen LogP contribution is 2.26. The summed E-state index contributed by atoms with van der Waals surface area (Å²) >= 11 is 0. The molecule has 0 aliphatic heterocycles. The molecule has 0 spiro atoms. The zero-order valence-corrected chi connectivity index (χ0v) is 10.6. The molecule has 0 atom stereocenters. The van der Waals surface area contributed by atoms with E-state index >= 15 is 0 Å². The average Bonchev–Trinajstić information content (AvgIpc) is 2.87. The summed E-state index contributed by atoms with van der Waals surface area (Å²) < 4.78 is 1.75. The van der Waals surface area contributed by atoms with Gasteiger partial charge >= 0.3 is 0 Å². The summed E-state index contributed by atoms with van der Waals surface area (Å²) in [5, 5.41) is 3.83. The van der Waals surface area contributed by atoms with Crippen LogP contribution < -0.4 is 0 Å². The number of rotatable bonds is 0. The van der Waals surface area contributed by atoms with Crippen LogP contribution in [0.1, 0.15) is 47.5 Å². The van der Waals surface area contributed by atoms with E-state index in [1.807, 2.05) is 47.0 Å². The quantitative estimate of drug-likeness (QED) is 0.618. The van der Waals surface area contributed by atoms with Crippen LogP contribution in [0.25, 0.3) is 0 Å². The molecular formula is C12H26N2. The maximum atomic E-state index is 3.83. The third-order valence-electron chi connectivity index (χ3n) is 1.50. The summed E-state index contributed by atoms with van der Waals surface area (Å²) in [6.07, 6.45) is 6.61. The minimum Gasteiger partial charge on any atom is -0.276 e. The Balaban J connectivity index is 0. The molecule has 1 aromatic heterocycles. The van der Waals surface area contributed by atoms with Gasteiger partial charge in [-0.1, -0.05) is 47.5 Å². The average molecular weight is 198 g/mol. The van der Waals surface area contributed by atoms with E-state index in [1.165, 1.54) is 12.8 Å². The van der Waals surface area contributed by atoms with Crippen molar-refractivity contribution in [3.63, 3.8) is 0 Å². The highest BCUT2D eigenvalue weighted by atomic mass is 15.2. The lowest BCUT2D eigenvalue weighted by Gasteiger charge is -1.77. The molecule has 2 nitrogen and oxygen atoms in total. The van der Waals surface area contributed by atoms with Crippen molar-refractivity contribution in [3.8, 4) is 0 Å². The second-order valence-corrected chi connectivity index (χ2v) is 2.86. The molecule has 0 saturated heterocycles. The van der Waals surface area contributed by atoms with Gasteiger partial charge in [0.15, 0.2) is 0 Å². The van der Waals surface area contributed by atoms with Gasteiger partial charge in [-0.2, -0.15) is 5.10 Å². The summed E-state index contributed by atoms with van der Waals surface area (Å²) in [4.78, 5) is 0. The van der Waals surface area contributed by atoms with E-state index in [0.29, 0.717) is 0 Å². The standard InChI is InChI=1S/C4H6N2.C4H8.2C2H6/c1-6-4-2-3-5-6;1-4-2-3-4;2*1-2/h2-4H,1H3;4H,2-3H2,1H3;2*1-2H3. The van der Waals surface area contributed by atoms with E-state index in [9.17, 15) is 0 Å². The van der Waals surface area contributed by atoms with Crippen molar-refractivity contribution in [2.45, 2.75) is 47.5 Å². The summed E-state index contributed by atoms with van der Waals surface area (Å²) in [5.41, 5.74) is 0. The lowest BCUT2D eigenvalue weighted by molar-refractivity contribution is 0.768. The summed E-state index contributed by atoms with van der Waals surface area (Å²) in [7, 11) is 1.89. The Morgan fingerprint density at radius 2 is 1.57 bits per heavy atom. The minimum absolute atomic E-state index is 1.08. The highest BCUT2D eigenvalue weighted by molar-refractivity contribution is 4.75. The first-order valence-electron chi connectivity index (χ1n) is 5.72. The van der Waals surface area contributed by atoms with E-state index in [4.69, 9.17) is 0 Å². The number of aromatic nitrogens is 2. The molecule has 0 N–H and O–H groups in total. The summed E-state index contributed by atoms with van der Waals surface area (Å²) in [5.74, 6) is 1.08. The first-order chi connectivity index (χ1) is 6.79. The zero-order valence-electron chi connectivity index (χ0n) is 10.6. The van der Waals surface area contributed by atoms with Gasteiger partial charge in [0, 0.05) is 19.4 Å². The summed E-state index contributed by atoms with van der Waals surface area (Å²) in [6, 6.07) is 1.89. The Kier molecular flexibility index (Phi) is 13.7. The van der Waals surface area contributed by atoms with Crippen molar-refractivity contribution in [2.75, 3.05) is 0 Å². The Bertz CT molecular complexity index is 164. The predicted molar refractivity (Wildman–Crippen MR) is 64.3 cm³/mol. The van der Waals surface area contributed by atoms with Gasteiger partial charge in [-0.25, -0.2) is 0 Å². The zero-order chi connectivity index (χ0) is 11.4. The molecule has 2 rings (SSSR count). The third kappa shape index (κ3) is 13.8. The van der Waals surface area contributed by atoms with Crippen molar-refractivity contribution >= 4 is 0 Å². The number of hydrogen-bond acceptors (Lipinski definition) is 1. The topological polar surface area (TPSA) is 17.8 Å². The Morgan fingerprint density at radius 3 is 1.64 bits per heavy atom. The Labute approximate surface area is 89.3 Å². The smallest absolute Gasteiger partial charge is 0.0489 e. The van der Waals surface area contributed by atoms with Crippen molar-refractivity contribution in [1.82, 2.24) is 9.78 Å². The molecule has 1 aliphatic rings. The minimum atomic E-state index is 1.08. The van der Waals surface area contributed by atoms with E-state index < -0.39 is 0 Å². The number of aryl methyl sites for hydroxylation is 1. The molecule has 1 heterocycles. The van der Waals surface area contributed by atoms with Crippen molar-refractivity contribution < 1.29 is 0 Å². The van der Waals surface area contributed by atoms with Gasteiger partial charge in [0.05, 0.1) is 0 Å². The van der Waals surface area contributed by atoms with Crippen LogP contribution >= 0.6 is 0 Å². The molecule has 0 bridgehead atoms. The van der Waals surface area contributed by atoms with Gasteiger partial charge in [0.1, 0.15) is 0 Å². The molecule has 0 amide bonds. The molecule has 0 radical (unpaired) electrons. The van der Waals surface area contributed by atoms with Crippen LogP contribution in [0.15, 0.2) is 18.5 Å². The monoisotopic (exact) mass is 198 g/mol. The van der Waals surface area contributed by atoms with Gasteiger partial charge < -0.3 is 0 Å². The van der Waals surface area contributed by atoms with Crippen LogP contribution in [0.4, 0.5) is 0 Å². The van der Waals surface area contributed by atoms with E-state index in [2.05, 4.69) is 12.0 Å². The van der Waals surface area contributed by atoms with Gasteiger partial charge in [0.25, 0.3) is 0 Å².